The molecule has 0 unspecified atom stereocenters. The molecule has 1 N–H and O–H groups in total. The van der Waals surface area contributed by atoms with Crippen LogP contribution in [0.25, 0.3) is 5.65 Å². The number of aryl methyl sites for hydroxylation is 3. The first-order chi connectivity index (χ1) is 12.5. The van der Waals surface area contributed by atoms with E-state index in [2.05, 4.69) is 39.7 Å². The van der Waals surface area contributed by atoms with Crippen LogP contribution < -0.4 is 5.32 Å². The average molecular weight is 348 g/mol. The number of rotatable bonds is 5. The maximum absolute atomic E-state index is 12.4. The Hall–Kier alpha value is -2.69. The van der Waals surface area contributed by atoms with E-state index in [-0.39, 0.29) is 11.9 Å². The molecule has 0 spiro atoms. The van der Waals surface area contributed by atoms with Gasteiger partial charge in [0.15, 0.2) is 5.65 Å². The number of benzene rings is 1. The van der Waals surface area contributed by atoms with Crippen LogP contribution in [-0.2, 0) is 11.2 Å². The van der Waals surface area contributed by atoms with Crippen molar-refractivity contribution in [1.29, 1.82) is 0 Å². The minimum atomic E-state index is 0.115. The quantitative estimate of drug-likeness (QED) is 0.770. The van der Waals surface area contributed by atoms with Crippen molar-refractivity contribution in [2.45, 2.75) is 52.0 Å². The van der Waals surface area contributed by atoms with Crippen molar-refractivity contribution in [3.05, 3.63) is 64.6 Å². The van der Waals surface area contributed by atoms with Gasteiger partial charge >= 0.3 is 0 Å². The van der Waals surface area contributed by atoms with E-state index in [0.717, 1.165) is 34.7 Å². The monoisotopic (exact) mass is 348 g/mol. The van der Waals surface area contributed by atoms with Gasteiger partial charge in [-0.3, -0.25) is 4.79 Å². The zero-order chi connectivity index (χ0) is 18.3. The Bertz CT molecular complexity index is 961. The second kappa shape index (κ2) is 6.56. The molecule has 1 aliphatic rings. The third-order valence-electron chi connectivity index (χ3n) is 5.25. The lowest BCUT2D eigenvalue weighted by molar-refractivity contribution is -0.121. The molecule has 1 aliphatic carbocycles. The van der Waals surface area contributed by atoms with Gasteiger partial charge in [0.2, 0.25) is 5.91 Å². The van der Waals surface area contributed by atoms with E-state index < -0.39 is 0 Å². The van der Waals surface area contributed by atoms with Gasteiger partial charge in [-0.15, -0.1) is 0 Å². The van der Waals surface area contributed by atoms with E-state index in [9.17, 15) is 4.79 Å². The molecule has 1 fully saturated rings. The highest BCUT2D eigenvalue weighted by atomic mass is 16.1. The lowest BCUT2D eigenvalue weighted by Gasteiger charge is -2.11. The van der Waals surface area contributed by atoms with Crippen LogP contribution in [0.1, 0.15) is 47.0 Å². The van der Waals surface area contributed by atoms with Crippen LogP contribution >= 0.6 is 0 Å². The summed E-state index contributed by atoms with van der Waals surface area (Å²) in [4.78, 5) is 17.0. The van der Waals surface area contributed by atoms with Gasteiger partial charge in [-0.1, -0.05) is 30.3 Å². The molecule has 5 nitrogen and oxygen atoms in total. The summed E-state index contributed by atoms with van der Waals surface area (Å²) in [5.74, 6) is 0.581. The number of nitrogens with zero attached hydrogens (tertiary/aromatic N) is 3. The van der Waals surface area contributed by atoms with Crippen LogP contribution in [0.15, 0.2) is 36.4 Å². The van der Waals surface area contributed by atoms with Crippen molar-refractivity contribution in [2.24, 2.45) is 0 Å². The number of hydrogen-bond donors (Lipinski definition) is 1. The average Bonchev–Trinajstić information content (AvgIpc) is 3.27. The number of nitrogens with one attached hydrogen (secondary N) is 1. The largest absolute Gasteiger partial charge is 0.353 e. The molecule has 3 aromatic rings. The summed E-state index contributed by atoms with van der Waals surface area (Å²) in [6, 6.07) is 12.7. The zero-order valence-electron chi connectivity index (χ0n) is 15.5. The van der Waals surface area contributed by atoms with Gasteiger partial charge in [-0.05, 0) is 44.7 Å². The van der Waals surface area contributed by atoms with Crippen molar-refractivity contribution in [2.75, 3.05) is 0 Å². The predicted octanol–water partition coefficient (Wildman–Crippen LogP) is 3.26. The fourth-order valence-corrected chi connectivity index (χ4v) is 3.74. The highest BCUT2D eigenvalue weighted by Gasteiger charge is 2.39. The summed E-state index contributed by atoms with van der Waals surface area (Å²) in [6.07, 6.45) is 2.20. The maximum Gasteiger partial charge on any atom is 0.220 e. The van der Waals surface area contributed by atoms with Crippen LogP contribution in [-0.4, -0.2) is 26.5 Å². The Labute approximate surface area is 153 Å². The molecule has 1 amide bonds. The molecule has 26 heavy (non-hydrogen) atoms. The fourth-order valence-electron chi connectivity index (χ4n) is 3.74. The Morgan fingerprint density at radius 1 is 1.23 bits per heavy atom. The molecular formula is C21H24N4O. The molecule has 2 heterocycles. The third kappa shape index (κ3) is 3.21. The number of aromatic nitrogens is 3. The summed E-state index contributed by atoms with van der Waals surface area (Å²) in [6.45, 7) is 6.03. The topological polar surface area (TPSA) is 59.3 Å². The maximum atomic E-state index is 12.4. The molecule has 2 aromatic heterocycles. The number of fused-ring (bicyclic) bond motifs is 1. The van der Waals surface area contributed by atoms with Crippen LogP contribution in [0, 0.1) is 20.8 Å². The molecule has 0 aliphatic heterocycles. The van der Waals surface area contributed by atoms with Crippen LogP contribution in [0.2, 0.25) is 0 Å². The van der Waals surface area contributed by atoms with Gasteiger partial charge in [-0.2, -0.15) is 5.10 Å². The second-order valence-electron chi connectivity index (χ2n) is 7.24. The van der Waals surface area contributed by atoms with Gasteiger partial charge in [0.1, 0.15) is 0 Å². The third-order valence-corrected chi connectivity index (χ3v) is 5.25. The second-order valence-corrected chi connectivity index (χ2v) is 7.24. The summed E-state index contributed by atoms with van der Waals surface area (Å²) in [5, 5.41) is 7.67. The normalized spacial score (nSPS) is 18.9. The van der Waals surface area contributed by atoms with E-state index in [4.69, 9.17) is 0 Å². The van der Waals surface area contributed by atoms with E-state index in [1.165, 1.54) is 5.56 Å². The van der Waals surface area contributed by atoms with Crippen LogP contribution in [0.3, 0.4) is 0 Å². The van der Waals surface area contributed by atoms with Crippen molar-refractivity contribution in [1.82, 2.24) is 19.9 Å². The highest BCUT2D eigenvalue weighted by Crippen LogP contribution is 2.40. The predicted molar refractivity (Wildman–Crippen MR) is 101 cm³/mol. The van der Waals surface area contributed by atoms with Gasteiger partial charge in [0, 0.05) is 35.8 Å². The molecule has 0 bridgehead atoms. The Kier molecular flexibility index (Phi) is 4.23. The number of amides is 1. The Balaban J connectivity index is 1.39. The highest BCUT2D eigenvalue weighted by molar-refractivity contribution is 5.77. The van der Waals surface area contributed by atoms with Gasteiger partial charge in [-0.25, -0.2) is 9.50 Å². The molecule has 0 radical (unpaired) electrons. The van der Waals surface area contributed by atoms with Crippen molar-refractivity contribution < 1.29 is 4.79 Å². The van der Waals surface area contributed by atoms with E-state index in [1.807, 2.05) is 37.4 Å². The summed E-state index contributed by atoms with van der Waals surface area (Å²) in [5.41, 5.74) is 6.31. The minimum Gasteiger partial charge on any atom is -0.353 e. The molecule has 0 saturated heterocycles. The van der Waals surface area contributed by atoms with E-state index >= 15 is 0 Å². The van der Waals surface area contributed by atoms with Gasteiger partial charge < -0.3 is 5.32 Å². The van der Waals surface area contributed by atoms with E-state index in [0.29, 0.717) is 18.8 Å². The first kappa shape index (κ1) is 16.8. The first-order valence-corrected chi connectivity index (χ1v) is 9.19. The molecule has 134 valence electrons. The van der Waals surface area contributed by atoms with Gasteiger partial charge in [0.05, 0.1) is 5.69 Å². The SMILES string of the molecule is Cc1cc2nc(C)c(CCC(=O)N[C@@H]3C[C@H]3c3ccccc3)c(C)n2n1. The van der Waals surface area contributed by atoms with Crippen molar-refractivity contribution in [3.8, 4) is 0 Å². The molecule has 5 heteroatoms. The number of carbonyl (C=O) groups excluding carboxylic acids is 1. The minimum absolute atomic E-state index is 0.115. The lowest BCUT2D eigenvalue weighted by atomic mass is 10.1. The molecule has 4 rings (SSSR count). The number of hydrogen-bond acceptors (Lipinski definition) is 3. The smallest absolute Gasteiger partial charge is 0.220 e. The molecule has 1 aromatic carbocycles. The number of carbonyl (C=O) groups is 1. The van der Waals surface area contributed by atoms with Gasteiger partial charge in [0.25, 0.3) is 0 Å². The molecule has 2 atom stereocenters. The zero-order valence-corrected chi connectivity index (χ0v) is 15.5. The fraction of sp³-hybridized carbons (Fsp3) is 0.381. The standard InChI is InChI=1S/C21H24N4O/c1-13-11-20-22-14(2)17(15(3)25(20)24-13)9-10-21(26)23-19-12-18(19)16-7-5-4-6-8-16/h4-8,11,18-19H,9-10,12H2,1-3H3,(H,23,26)/t18-,19+/m0/s1. The molecule has 1 saturated carbocycles. The summed E-state index contributed by atoms with van der Waals surface area (Å²) < 4.78 is 1.88. The van der Waals surface area contributed by atoms with E-state index in [1.54, 1.807) is 0 Å². The first-order valence-electron chi connectivity index (χ1n) is 9.19. The Morgan fingerprint density at radius 2 is 2.00 bits per heavy atom. The summed E-state index contributed by atoms with van der Waals surface area (Å²) >= 11 is 0. The molecular weight excluding hydrogens is 324 g/mol. The Morgan fingerprint density at radius 3 is 2.77 bits per heavy atom. The van der Waals surface area contributed by atoms with Crippen molar-refractivity contribution in [3.63, 3.8) is 0 Å². The summed E-state index contributed by atoms with van der Waals surface area (Å²) in [7, 11) is 0. The van der Waals surface area contributed by atoms with Crippen LogP contribution in [0.5, 0.6) is 0 Å². The van der Waals surface area contributed by atoms with Crippen LogP contribution in [0.4, 0.5) is 0 Å². The lowest BCUT2D eigenvalue weighted by Crippen LogP contribution is -2.27. The van der Waals surface area contributed by atoms with Crippen molar-refractivity contribution >= 4 is 11.6 Å².